The van der Waals surface area contributed by atoms with Gasteiger partial charge in [0.25, 0.3) is 5.91 Å². The van der Waals surface area contributed by atoms with Crippen LogP contribution in [0, 0.1) is 20.8 Å². The number of hydrogen-bond donors (Lipinski definition) is 1. The van der Waals surface area contributed by atoms with E-state index in [2.05, 4.69) is 44.1 Å². The van der Waals surface area contributed by atoms with Gasteiger partial charge in [0, 0.05) is 24.9 Å². The van der Waals surface area contributed by atoms with E-state index in [4.69, 9.17) is 14.1 Å². The van der Waals surface area contributed by atoms with Crippen molar-refractivity contribution in [3.8, 4) is 0 Å². The van der Waals surface area contributed by atoms with E-state index < -0.39 is 8.32 Å². The molecule has 1 N–H and O–H groups in total. The minimum Gasteiger partial charge on any atom is -0.562 e. The Morgan fingerprint density at radius 2 is 1.65 bits per heavy atom. The van der Waals surface area contributed by atoms with Crippen LogP contribution in [0.25, 0.3) is 0 Å². The molecule has 3 rings (SSSR count). The summed E-state index contributed by atoms with van der Waals surface area (Å²) >= 11 is 0. The maximum absolute atomic E-state index is 13.3. The molecule has 0 atom stereocenters. The maximum Gasteiger partial charge on any atom is 0.338 e. The number of ether oxygens (including phenoxy) is 1. The van der Waals surface area contributed by atoms with Gasteiger partial charge in [-0.1, -0.05) is 26.8 Å². The summed E-state index contributed by atoms with van der Waals surface area (Å²) in [7, 11) is -1.80. The number of anilines is 2. The molecule has 1 aromatic heterocycles. The Morgan fingerprint density at radius 1 is 1.05 bits per heavy atom. The lowest BCUT2D eigenvalue weighted by atomic mass is 10.0. The number of carbonyl (C=O) groups excluding carboxylic acids is 2. The van der Waals surface area contributed by atoms with Gasteiger partial charge in [-0.25, -0.2) is 9.78 Å². The predicted octanol–water partition coefficient (Wildman–Crippen LogP) is 6.43. The number of esters is 1. The number of benzene rings is 1. The highest BCUT2D eigenvalue weighted by molar-refractivity contribution is 6.74. The number of nitrogens with zero attached hydrogens (tertiary/aromatic N) is 2. The number of nitrogens with one attached hydrogen (secondary N) is 1. The van der Waals surface area contributed by atoms with Gasteiger partial charge in [0.1, 0.15) is 11.5 Å². The van der Waals surface area contributed by atoms with E-state index in [9.17, 15) is 9.59 Å². The van der Waals surface area contributed by atoms with Crippen LogP contribution in [0.4, 0.5) is 11.5 Å². The van der Waals surface area contributed by atoms with Crippen molar-refractivity contribution in [3.05, 3.63) is 52.2 Å². The number of aryl methyl sites for hydroxylation is 3. The Bertz CT molecular complexity index is 1130. The standard InChI is InChI=1S/C29H43N3O4Si/c1-10-35-28(34)22-17-20(3)25(21(4)18-22)31-27(33)26-19(2)11-12-24(30-26)32-15-13-23(14-16-32)36-37(8,9)29(5,6)7/h11-12,17-18,23H,10,13-16H2,1-9H3,(H,31,33)/q-1. The molecule has 1 aliphatic rings. The number of amides is 1. The molecule has 7 nitrogen and oxygen atoms in total. The smallest absolute Gasteiger partial charge is 0.338 e. The average Bonchev–Trinajstić information content (AvgIpc) is 2.81. The topological polar surface area (TPSA) is 80.8 Å². The summed E-state index contributed by atoms with van der Waals surface area (Å²) in [4.78, 5) is 32.4. The Morgan fingerprint density at radius 3 is 2.19 bits per heavy atom. The van der Waals surface area contributed by atoms with Crippen LogP contribution >= 0.6 is 0 Å². The molecule has 0 radical (unpaired) electrons. The fraction of sp³-hybridized carbons (Fsp3) is 0.552. The molecule has 0 unspecified atom stereocenters. The molecule has 2 heterocycles. The van der Waals surface area contributed by atoms with Crippen LogP contribution < -0.4 is 10.2 Å². The largest absolute Gasteiger partial charge is 0.562 e. The summed E-state index contributed by atoms with van der Waals surface area (Å²) in [5, 5.41) is 3.22. The van der Waals surface area contributed by atoms with Crippen molar-refractivity contribution in [3.63, 3.8) is 0 Å². The summed E-state index contributed by atoms with van der Waals surface area (Å²) in [6.07, 6.45) is 2.18. The Hall–Kier alpha value is -2.71. The SMILES string of the molecule is CCOC(=O)c1cc(C)c(NC(=O)c2nc(N3CCC(O[Si-](C)(C)C(C)(C)C)CC3)ccc2C)c(C)c1. The Kier molecular flexibility index (Phi) is 8.85. The molecule has 1 aliphatic heterocycles. The van der Waals surface area contributed by atoms with Gasteiger partial charge < -0.3 is 19.4 Å². The highest BCUT2D eigenvalue weighted by Gasteiger charge is 2.29. The molecule has 1 aromatic carbocycles. The maximum atomic E-state index is 13.3. The van der Waals surface area contributed by atoms with E-state index in [1.54, 1.807) is 19.1 Å². The minimum atomic E-state index is -1.80. The van der Waals surface area contributed by atoms with Crippen LogP contribution in [0.2, 0.25) is 18.1 Å². The lowest BCUT2D eigenvalue weighted by Crippen LogP contribution is -2.47. The Balaban J connectivity index is 1.72. The monoisotopic (exact) mass is 525 g/mol. The van der Waals surface area contributed by atoms with Gasteiger partial charge in [-0.2, -0.15) is 0 Å². The molecule has 2 aromatic rings. The first-order valence-electron chi connectivity index (χ1n) is 13.2. The molecule has 37 heavy (non-hydrogen) atoms. The molecule has 1 amide bonds. The molecule has 0 bridgehead atoms. The second kappa shape index (κ2) is 11.4. The normalized spacial score (nSPS) is 15.0. The van der Waals surface area contributed by atoms with Gasteiger partial charge in [-0.3, -0.25) is 4.79 Å². The van der Waals surface area contributed by atoms with Gasteiger partial charge in [-0.15, -0.1) is 18.1 Å². The molecule has 1 saturated heterocycles. The third kappa shape index (κ3) is 6.79. The number of piperidine rings is 1. The second-order valence-corrected chi connectivity index (χ2v) is 16.3. The summed E-state index contributed by atoms with van der Waals surface area (Å²) in [5.74, 6) is 0.188. The van der Waals surface area contributed by atoms with Crippen LogP contribution in [-0.4, -0.2) is 51.0 Å². The second-order valence-electron chi connectivity index (χ2n) is 11.6. The molecular weight excluding hydrogens is 482 g/mol. The van der Waals surface area contributed by atoms with Crippen LogP contribution in [-0.2, 0) is 9.16 Å². The van der Waals surface area contributed by atoms with E-state index in [0.717, 1.165) is 48.4 Å². The third-order valence-electron chi connectivity index (χ3n) is 7.61. The zero-order valence-corrected chi connectivity index (χ0v) is 24.9. The van der Waals surface area contributed by atoms with Crippen LogP contribution in [0.1, 0.15) is 78.1 Å². The molecule has 8 heteroatoms. The first-order valence-corrected chi connectivity index (χ1v) is 16.1. The first-order chi connectivity index (χ1) is 17.2. The van der Waals surface area contributed by atoms with Gasteiger partial charge in [0.15, 0.2) is 0 Å². The number of carbonyl (C=O) groups is 2. The quantitative estimate of drug-likeness (QED) is 0.332. The van der Waals surface area contributed by atoms with Gasteiger partial charge in [-0.05, 0) is 83.7 Å². The average molecular weight is 526 g/mol. The van der Waals surface area contributed by atoms with Crippen LogP contribution in [0.3, 0.4) is 0 Å². The third-order valence-corrected chi connectivity index (χ3v) is 12.1. The van der Waals surface area contributed by atoms with E-state index in [-0.39, 0.29) is 23.0 Å². The molecule has 0 saturated carbocycles. The van der Waals surface area contributed by atoms with E-state index in [0.29, 0.717) is 23.6 Å². The highest BCUT2D eigenvalue weighted by atomic mass is 28.4. The summed E-state index contributed by atoms with van der Waals surface area (Å²) < 4.78 is 11.7. The van der Waals surface area contributed by atoms with Crippen LogP contribution in [0.5, 0.6) is 0 Å². The van der Waals surface area contributed by atoms with Gasteiger partial charge in [0.2, 0.25) is 0 Å². The van der Waals surface area contributed by atoms with Crippen molar-refractivity contribution in [2.24, 2.45) is 0 Å². The lowest BCUT2D eigenvalue weighted by Gasteiger charge is -2.52. The molecular formula is C29H43N3O4Si-. The number of pyridine rings is 1. The van der Waals surface area contributed by atoms with E-state index >= 15 is 0 Å². The summed E-state index contributed by atoms with van der Waals surface area (Å²) in [6, 6.07) is 7.44. The fourth-order valence-corrected chi connectivity index (χ4v) is 5.81. The van der Waals surface area contributed by atoms with Crippen molar-refractivity contribution in [2.75, 3.05) is 29.9 Å². The first kappa shape index (κ1) is 28.9. The van der Waals surface area contributed by atoms with Crippen molar-refractivity contribution in [1.82, 2.24) is 4.98 Å². The number of aromatic nitrogens is 1. The zero-order chi connectivity index (χ0) is 27.5. The summed E-state index contributed by atoms with van der Waals surface area (Å²) in [6.45, 7) is 20.9. The molecule has 203 valence electrons. The molecule has 1 fully saturated rings. The van der Waals surface area contributed by atoms with Crippen molar-refractivity contribution in [1.29, 1.82) is 0 Å². The molecule has 0 aliphatic carbocycles. The Labute approximate surface area is 223 Å². The fourth-order valence-electron chi connectivity index (χ4n) is 4.39. The van der Waals surface area contributed by atoms with E-state index in [1.807, 2.05) is 32.9 Å². The summed E-state index contributed by atoms with van der Waals surface area (Å²) in [5.41, 5.74) is 3.99. The molecule has 0 spiro atoms. The van der Waals surface area contributed by atoms with E-state index in [1.165, 1.54) is 0 Å². The van der Waals surface area contributed by atoms with Crippen molar-refractivity contribution >= 4 is 31.7 Å². The zero-order valence-electron chi connectivity index (χ0n) is 23.9. The lowest BCUT2D eigenvalue weighted by molar-refractivity contribution is 0.0526. The van der Waals surface area contributed by atoms with Gasteiger partial charge in [0.05, 0.1) is 12.2 Å². The highest BCUT2D eigenvalue weighted by Crippen LogP contribution is 2.38. The number of hydrogen-bond acceptors (Lipinski definition) is 6. The number of rotatable bonds is 7. The van der Waals surface area contributed by atoms with Crippen molar-refractivity contribution in [2.45, 2.75) is 85.5 Å². The predicted molar refractivity (Wildman–Crippen MR) is 152 cm³/mol. The van der Waals surface area contributed by atoms with Gasteiger partial charge >= 0.3 is 5.97 Å². The van der Waals surface area contributed by atoms with Crippen LogP contribution in [0.15, 0.2) is 24.3 Å². The minimum absolute atomic E-state index is 0.195. The van der Waals surface area contributed by atoms with Crippen molar-refractivity contribution < 1.29 is 18.8 Å².